The average molecular weight is 284 g/mol. The normalized spacial score (nSPS) is 15.3. The van der Waals surface area contributed by atoms with Gasteiger partial charge in [0.15, 0.2) is 5.69 Å². The lowest BCUT2D eigenvalue weighted by molar-refractivity contribution is 0.0932. The molecule has 1 saturated carbocycles. The van der Waals surface area contributed by atoms with Gasteiger partial charge in [-0.3, -0.25) is 4.79 Å². The summed E-state index contributed by atoms with van der Waals surface area (Å²) >= 11 is 0. The number of benzene rings is 1. The number of carbonyl (C=O) groups excluding carboxylic acids is 1. The summed E-state index contributed by atoms with van der Waals surface area (Å²) in [5, 5.41) is 11.1. The van der Waals surface area contributed by atoms with Crippen molar-refractivity contribution >= 4 is 5.91 Å². The summed E-state index contributed by atoms with van der Waals surface area (Å²) in [5.74, 6) is -0.128. The molecule has 0 bridgehead atoms. The standard InChI is InChI=1S/C16H20N4O/c1-11-7-8-14(9-12(11)2)20-10-15(18-19-20)16(21)17-13-5-3-4-6-13/h7-10,13H,3-6H2,1-2H3,(H,17,21). The Morgan fingerprint density at radius 2 is 2.00 bits per heavy atom. The molecule has 1 amide bonds. The third-order valence-electron chi connectivity index (χ3n) is 4.17. The summed E-state index contributed by atoms with van der Waals surface area (Å²) in [6.07, 6.45) is 6.21. The van der Waals surface area contributed by atoms with Crippen molar-refractivity contribution in [1.82, 2.24) is 20.3 Å². The monoisotopic (exact) mass is 284 g/mol. The van der Waals surface area contributed by atoms with Gasteiger partial charge in [0.2, 0.25) is 0 Å². The van der Waals surface area contributed by atoms with E-state index in [-0.39, 0.29) is 5.91 Å². The lowest BCUT2D eigenvalue weighted by Gasteiger charge is -2.09. The number of hydrogen-bond donors (Lipinski definition) is 1. The van der Waals surface area contributed by atoms with E-state index in [4.69, 9.17) is 0 Å². The van der Waals surface area contributed by atoms with Crippen LogP contribution in [0, 0.1) is 13.8 Å². The van der Waals surface area contributed by atoms with Crippen molar-refractivity contribution in [1.29, 1.82) is 0 Å². The summed E-state index contributed by atoms with van der Waals surface area (Å²) in [6.45, 7) is 4.13. The smallest absolute Gasteiger partial charge is 0.273 e. The molecule has 1 heterocycles. The van der Waals surface area contributed by atoms with Crippen LogP contribution in [-0.4, -0.2) is 26.9 Å². The fourth-order valence-corrected chi connectivity index (χ4v) is 2.69. The molecule has 0 atom stereocenters. The number of hydrogen-bond acceptors (Lipinski definition) is 3. The van der Waals surface area contributed by atoms with E-state index in [0.29, 0.717) is 11.7 Å². The molecule has 1 aromatic carbocycles. The zero-order chi connectivity index (χ0) is 14.8. The Morgan fingerprint density at radius 3 is 2.71 bits per heavy atom. The summed E-state index contributed by atoms with van der Waals surface area (Å²) in [6, 6.07) is 6.37. The van der Waals surface area contributed by atoms with Gasteiger partial charge in [0.05, 0.1) is 11.9 Å². The molecule has 1 aliphatic rings. The predicted octanol–water partition coefficient (Wildman–Crippen LogP) is 2.56. The largest absolute Gasteiger partial charge is 0.348 e. The van der Waals surface area contributed by atoms with Crippen LogP contribution in [0.1, 0.15) is 47.3 Å². The molecule has 5 nitrogen and oxygen atoms in total. The van der Waals surface area contributed by atoms with Crippen LogP contribution in [0.5, 0.6) is 0 Å². The lowest BCUT2D eigenvalue weighted by Crippen LogP contribution is -2.32. The minimum Gasteiger partial charge on any atom is -0.348 e. The number of carbonyl (C=O) groups is 1. The van der Waals surface area contributed by atoms with Crippen molar-refractivity contribution in [2.45, 2.75) is 45.6 Å². The van der Waals surface area contributed by atoms with Crippen LogP contribution in [0.15, 0.2) is 24.4 Å². The molecular formula is C16H20N4O. The van der Waals surface area contributed by atoms with Crippen molar-refractivity contribution in [3.05, 3.63) is 41.2 Å². The fourth-order valence-electron chi connectivity index (χ4n) is 2.69. The maximum atomic E-state index is 12.1. The van der Waals surface area contributed by atoms with Crippen molar-refractivity contribution < 1.29 is 4.79 Å². The van der Waals surface area contributed by atoms with Crippen LogP contribution in [0.25, 0.3) is 5.69 Å². The highest BCUT2D eigenvalue weighted by Gasteiger charge is 2.19. The molecule has 1 aromatic heterocycles. The van der Waals surface area contributed by atoms with Gasteiger partial charge in [0.25, 0.3) is 5.91 Å². The van der Waals surface area contributed by atoms with Gasteiger partial charge in [-0.1, -0.05) is 24.1 Å². The van der Waals surface area contributed by atoms with E-state index in [9.17, 15) is 4.79 Å². The molecule has 3 rings (SSSR count). The van der Waals surface area contributed by atoms with Crippen molar-refractivity contribution in [2.75, 3.05) is 0 Å². The summed E-state index contributed by atoms with van der Waals surface area (Å²) < 4.78 is 1.65. The minimum absolute atomic E-state index is 0.128. The van der Waals surface area contributed by atoms with Crippen LogP contribution < -0.4 is 5.32 Å². The van der Waals surface area contributed by atoms with Crippen molar-refractivity contribution in [2.24, 2.45) is 0 Å². The highest BCUT2D eigenvalue weighted by molar-refractivity contribution is 5.92. The van der Waals surface area contributed by atoms with Gasteiger partial charge in [-0.2, -0.15) is 0 Å². The second-order valence-electron chi connectivity index (χ2n) is 5.77. The Labute approximate surface area is 124 Å². The lowest BCUT2D eigenvalue weighted by atomic mass is 10.1. The molecule has 0 radical (unpaired) electrons. The number of nitrogens with zero attached hydrogens (tertiary/aromatic N) is 3. The molecule has 21 heavy (non-hydrogen) atoms. The molecule has 1 fully saturated rings. The quantitative estimate of drug-likeness (QED) is 0.942. The molecular weight excluding hydrogens is 264 g/mol. The molecule has 2 aromatic rings. The molecule has 0 unspecified atom stereocenters. The van der Waals surface area contributed by atoms with Crippen LogP contribution in [0.3, 0.4) is 0 Å². The summed E-state index contributed by atoms with van der Waals surface area (Å²) in [4.78, 5) is 12.1. The predicted molar refractivity (Wildman–Crippen MR) is 80.6 cm³/mol. The summed E-state index contributed by atoms with van der Waals surface area (Å²) in [5.41, 5.74) is 3.73. The van der Waals surface area contributed by atoms with E-state index in [0.717, 1.165) is 18.5 Å². The minimum atomic E-state index is -0.128. The number of aromatic nitrogens is 3. The van der Waals surface area contributed by atoms with Gasteiger partial charge in [-0.05, 0) is 49.9 Å². The van der Waals surface area contributed by atoms with Crippen molar-refractivity contribution in [3.8, 4) is 5.69 Å². The van der Waals surface area contributed by atoms with Crippen molar-refractivity contribution in [3.63, 3.8) is 0 Å². The van der Waals surface area contributed by atoms with Gasteiger partial charge in [0, 0.05) is 6.04 Å². The van der Waals surface area contributed by atoms with E-state index in [1.54, 1.807) is 10.9 Å². The first-order chi connectivity index (χ1) is 10.1. The zero-order valence-electron chi connectivity index (χ0n) is 12.5. The average Bonchev–Trinajstić information content (AvgIpc) is 3.12. The molecule has 1 aliphatic carbocycles. The van der Waals surface area contributed by atoms with E-state index in [1.165, 1.54) is 24.0 Å². The van der Waals surface area contributed by atoms with E-state index >= 15 is 0 Å². The molecule has 5 heteroatoms. The Morgan fingerprint density at radius 1 is 1.24 bits per heavy atom. The van der Waals surface area contributed by atoms with Crippen LogP contribution in [0.4, 0.5) is 0 Å². The zero-order valence-corrected chi connectivity index (χ0v) is 12.5. The van der Waals surface area contributed by atoms with Gasteiger partial charge >= 0.3 is 0 Å². The van der Waals surface area contributed by atoms with Gasteiger partial charge in [0.1, 0.15) is 0 Å². The van der Waals surface area contributed by atoms with Gasteiger partial charge in [-0.15, -0.1) is 5.10 Å². The molecule has 0 saturated heterocycles. The first-order valence-corrected chi connectivity index (χ1v) is 7.44. The Balaban J connectivity index is 1.75. The maximum Gasteiger partial charge on any atom is 0.273 e. The highest BCUT2D eigenvalue weighted by Crippen LogP contribution is 2.18. The first-order valence-electron chi connectivity index (χ1n) is 7.44. The van der Waals surface area contributed by atoms with E-state index in [1.807, 2.05) is 18.2 Å². The van der Waals surface area contributed by atoms with E-state index in [2.05, 4.69) is 29.5 Å². The molecule has 0 aliphatic heterocycles. The maximum absolute atomic E-state index is 12.1. The number of aryl methyl sites for hydroxylation is 2. The third-order valence-corrected chi connectivity index (χ3v) is 4.17. The Hall–Kier alpha value is -2.17. The van der Waals surface area contributed by atoms with Crippen LogP contribution in [0.2, 0.25) is 0 Å². The second-order valence-corrected chi connectivity index (χ2v) is 5.77. The highest BCUT2D eigenvalue weighted by atomic mass is 16.2. The van der Waals surface area contributed by atoms with Crippen LogP contribution >= 0.6 is 0 Å². The number of rotatable bonds is 3. The number of nitrogens with one attached hydrogen (secondary N) is 1. The number of amides is 1. The van der Waals surface area contributed by atoms with E-state index < -0.39 is 0 Å². The summed E-state index contributed by atoms with van der Waals surface area (Å²) in [7, 11) is 0. The van der Waals surface area contributed by atoms with Gasteiger partial charge < -0.3 is 5.32 Å². The second kappa shape index (κ2) is 5.68. The molecule has 0 spiro atoms. The Bertz CT molecular complexity index is 656. The first kappa shape index (κ1) is 13.8. The fraction of sp³-hybridized carbons (Fsp3) is 0.438. The molecule has 1 N–H and O–H groups in total. The Kier molecular flexibility index (Phi) is 3.73. The topological polar surface area (TPSA) is 59.8 Å². The molecule has 110 valence electrons. The third kappa shape index (κ3) is 2.96. The SMILES string of the molecule is Cc1ccc(-n2cc(C(=O)NC3CCCC3)nn2)cc1C. The van der Waals surface area contributed by atoms with Gasteiger partial charge in [-0.25, -0.2) is 4.68 Å². The van der Waals surface area contributed by atoms with Crippen LogP contribution in [-0.2, 0) is 0 Å².